The lowest BCUT2D eigenvalue weighted by molar-refractivity contribution is 0.0913. The van der Waals surface area contributed by atoms with Gasteiger partial charge in [0.05, 0.1) is 12.2 Å². The fraction of sp³-hybridized carbons (Fsp3) is 0.438. The van der Waals surface area contributed by atoms with E-state index in [1.54, 1.807) is 7.05 Å². The van der Waals surface area contributed by atoms with Crippen LogP contribution in [-0.4, -0.2) is 20.9 Å². The summed E-state index contributed by atoms with van der Waals surface area (Å²) in [6.07, 6.45) is 4.86. The number of hydrogen-bond donors (Lipinski definition) is 1. The fourth-order valence-corrected chi connectivity index (χ4v) is 3.08. The quantitative estimate of drug-likeness (QED) is 0.861. The SMILES string of the molecule is C[C@H]1CCCc2ccccc2[C@@H]1NC(=O)c1cnnn1C. The van der Waals surface area contributed by atoms with E-state index in [1.807, 2.05) is 6.07 Å². The summed E-state index contributed by atoms with van der Waals surface area (Å²) in [5.41, 5.74) is 3.07. The lowest BCUT2D eigenvalue weighted by Gasteiger charge is -2.24. The van der Waals surface area contributed by atoms with E-state index in [9.17, 15) is 4.79 Å². The van der Waals surface area contributed by atoms with Gasteiger partial charge in [-0.1, -0.05) is 36.4 Å². The van der Waals surface area contributed by atoms with Crippen molar-refractivity contribution in [3.05, 3.63) is 47.3 Å². The van der Waals surface area contributed by atoms with Gasteiger partial charge in [-0.05, 0) is 36.3 Å². The van der Waals surface area contributed by atoms with Gasteiger partial charge in [0.15, 0.2) is 0 Å². The maximum atomic E-state index is 12.5. The summed E-state index contributed by atoms with van der Waals surface area (Å²) >= 11 is 0. The van der Waals surface area contributed by atoms with E-state index in [2.05, 4.69) is 40.8 Å². The summed E-state index contributed by atoms with van der Waals surface area (Å²) in [6, 6.07) is 8.45. The molecule has 110 valence electrons. The molecule has 5 nitrogen and oxygen atoms in total. The Labute approximate surface area is 124 Å². The molecule has 0 unspecified atom stereocenters. The molecule has 1 N–H and O–H groups in total. The smallest absolute Gasteiger partial charge is 0.271 e. The fourth-order valence-electron chi connectivity index (χ4n) is 3.08. The molecule has 0 bridgehead atoms. The Bertz CT molecular complexity index is 649. The standard InChI is InChI=1S/C16H20N4O/c1-11-6-5-8-12-7-3-4-9-13(12)15(11)18-16(21)14-10-17-19-20(14)2/h3-4,7,9-11,15H,5-6,8H2,1-2H3,(H,18,21)/t11-,15+/m0/s1. The highest BCUT2D eigenvalue weighted by Gasteiger charge is 2.27. The number of aromatic nitrogens is 3. The molecule has 0 saturated carbocycles. The number of aryl methyl sites for hydroxylation is 2. The van der Waals surface area contributed by atoms with Crippen molar-refractivity contribution in [1.29, 1.82) is 0 Å². The summed E-state index contributed by atoms with van der Waals surface area (Å²) in [4.78, 5) is 12.5. The molecule has 1 aliphatic rings. The first-order valence-corrected chi connectivity index (χ1v) is 7.40. The van der Waals surface area contributed by atoms with Gasteiger partial charge in [-0.15, -0.1) is 5.10 Å². The topological polar surface area (TPSA) is 59.8 Å². The van der Waals surface area contributed by atoms with Gasteiger partial charge < -0.3 is 5.32 Å². The average molecular weight is 284 g/mol. The number of amides is 1. The maximum Gasteiger partial charge on any atom is 0.271 e. The number of benzene rings is 1. The minimum atomic E-state index is -0.115. The largest absolute Gasteiger partial charge is 0.344 e. The Kier molecular flexibility index (Phi) is 3.73. The molecule has 0 fully saturated rings. The summed E-state index contributed by atoms with van der Waals surface area (Å²) in [5.74, 6) is 0.301. The normalized spacial score (nSPS) is 21.4. The molecule has 1 aromatic carbocycles. The van der Waals surface area contributed by atoms with Crippen molar-refractivity contribution in [3.63, 3.8) is 0 Å². The molecule has 1 aliphatic carbocycles. The predicted octanol–water partition coefficient (Wildman–Crippen LogP) is 2.26. The summed E-state index contributed by atoms with van der Waals surface area (Å²) in [6.45, 7) is 2.20. The van der Waals surface area contributed by atoms with Crippen LogP contribution < -0.4 is 5.32 Å². The van der Waals surface area contributed by atoms with E-state index >= 15 is 0 Å². The highest BCUT2D eigenvalue weighted by Crippen LogP contribution is 2.33. The van der Waals surface area contributed by atoms with Crippen molar-refractivity contribution >= 4 is 5.91 Å². The summed E-state index contributed by atoms with van der Waals surface area (Å²) in [5, 5.41) is 10.8. The molecule has 3 rings (SSSR count). The Morgan fingerprint density at radius 1 is 1.38 bits per heavy atom. The number of hydrogen-bond acceptors (Lipinski definition) is 3. The number of carbonyl (C=O) groups excluding carboxylic acids is 1. The number of nitrogens with zero attached hydrogens (tertiary/aromatic N) is 3. The van der Waals surface area contributed by atoms with Gasteiger partial charge in [-0.25, -0.2) is 4.68 Å². The predicted molar refractivity (Wildman–Crippen MR) is 79.8 cm³/mol. The first kappa shape index (κ1) is 13.8. The van der Waals surface area contributed by atoms with Gasteiger partial charge in [0.1, 0.15) is 5.69 Å². The van der Waals surface area contributed by atoms with Crippen LogP contribution >= 0.6 is 0 Å². The van der Waals surface area contributed by atoms with Crippen molar-refractivity contribution in [2.75, 3.05) is 0 Å². The Morgan fingerprint density at radius 3 is 2.95 bits per heavy atom. The lowest BCUT2D eigenvalue weighted by Crippen LogP contribution is -2.33. The van der Waals surface area contributed by atoms with E-state index in [0.29, 0.717) is 11.6 Å². The van der Waals surface area contributed by atoms with Crippen molar-refractivity contribution in [3.8, 4) is 0 Å². The summed E-state index contributed by atoms with van der Waals surface area (Å²) in [7, 11) is 1.73. The van der Waals surface area contributed by atoms with Gasteiger partial charge in [-0.3, -0.25) is 4.79 Å². The third kappa shape index (κ3) is 2.68. The molecule has 1 heterocycles. The monoisotopic (exact) mass is 284 g/mol. The highest BCUT2D eigenvalue weighted by molar-refractivity contribution is 5.92. The van der Waals surface area contributed by atoms with Crippen molar-refractivity contribution in [1.82, 2.24) is 20.3 Å². The van der Waals surface area contributed by atoms with Crippen LogP contribution in [0.25, 0.3) is 0 Å². The van der Waals surface area contributed by atoms with Crippen LogP contribution in [0.1, 0.15) is 47.4 Å². The number of rotatable bonds is 2. The van der Waals surface area contributed by atoms with Crippen molar-refractivity contribution in [2.45, 2.75) is 32.2 Å². The molecule has 21 heavy (non-hydrogen) atoms. The van der Waals surface area contributed by atoms with E-state index < -0.39 is 0 Å². The van der Waals surface area contributed by atoms with Gasteiger partial charge >= 0.3 is 0 Å². The molecule has 0 aliphatic heterocycles. The van der Waals surface area contributed by atoms with Gasteiger partial charge in [0.25, 0.3) is 5.91 Å². The van der Waals surface area contributed by atoms with E-state index in [4.69, 9.17) is 0 Å². The molecular formula is C16H20N4O. The first-order valence-electron chi connectivity index (χ1n) is 7.40. The molecule has 0 saturated heterocycles. The second-order valence-corrected chi connectivity index (χ2v) is 5.76. The molecule has 0 spiro atoms. The van der Waals surface area contributed by atoms with E-state index in [-0.39, 0.29) is 11.9 Å². The van der Waals surface area contributed by atoms with Crippen LogP contribution in [0.4, 0.5) is 0 Å². The third-order valence-electron chi connectivity index (χ3n) is 4.30. The average Bonchev–Trinajstić information content (AvgIpc) is 2.84. The molecule has 5 heteroatoms. The zero-order chi connectivity index (χ0) is 14.8. The van der Waals surface area contributed by atoms with Crippen LogP contribution in [0.3, 0.4) is 0 Å². The van der Waals surface area contributed by atoms with Crippen molar-refractivity contribution in [2.24, 2.45) is 13.0 Å². The van der Waals surface area contributed by atoms with E-state index in [1.165, 1.54) is 22.0 Å². The Balaban J connectivity index is 1.89. The molecule has 1 aromatic heterocycles. The molecule has 2 aromatic rings. The highest BCUT2D eigenvalue weighted by atomic mass is 16.2. The molecule has 2 atom stereocenters. The first-order chi connectivity index (χ1) is 10.2. The minimum absolute atomic E-state index is 0.0473. The van der Waals surface area contributed by atoms with Crippen LogP contribution in [-0.2, 0) is 13.5 Å². The molecule has 1 amide bonds. The van der Waals surface area contributed by atoms with Gasteiger partial charge in [0.2, 0.25) is 0 Å². The van der Waals surface area contributed by atoms with Gasteiger partial charge in [-0.2, -0.15) is 0 Å². The van der Waals surface area contributed by atoms with Crippen LogP contribution in [0.2, 0.25) is 0 Å². The third-order valence-corrected chi connectivity index (χ3v) is 4.30. The van der Waals surface area contributed by atoms with Crippen LogP contribution in [0.15, 0.2) is 30.5 Å². The van der Waals surface area contributed by atoms with Gasteiger partial charge in [0, 0.05) is 7.05 Å². The minimum Gasteiger partial charge on any atom is -0.344 e. The number of carbonyl (C=O) groups is 1. The lowest BCUT2D eigenvalue weighted by atomic mass is 9.92. The maximum absolute atomic E-state index is 12.5. The van der Waals surface area contributed by atoms with Crippen LogP contribution in [0, 0.1) is 5.92 Å². The van der Waals surface area contributed by atoms with Crippen LogP contribution in [0.5, 0.6) is 0 Å². The second-order valence-electron chi connectivity index (χ2n) is 5.76. The second kappa shape index (κ2) is 5.68. The zero-order valence-electron chi connectivity index (χ0n) is 12.4. The Hall–Kier alpha value is -2.17. The van der Waals surface area contributed by atoms with Crippen molar-refractivity contribution < 1.29 is 4.79 Å². The Morgan fingerprint density at radius 2 is 2.19 bits per heavy atom. The van der Waals surface area contributed by atoms with E-state index in [0.717, 1.165) is 19.3 Å². The molecular weight excluding hydrogens is 264 g/mol. The number of fused-ring (bicyclic) bond motifs is 1. The summed E-state index contributed by atoms with van der Waals surface area (Å²) < 4.78 is 1.50. The molecule has 0 radical (unpaired) electrons. The zero-order valence-corrected chi connectivity index (χ0v) is 12.4. The number of nitrogens with one attached hydrogen (secondary N) is 1.